The van der Waals surface area contributed by atoms with Crippen molar-refractivity contribution in [3.8, 4) is 11.3 Å². The van der Waals surface area contributed by atoms with Crippen LogP contribution in [-0.4, -0.2) is 22.3 Å². The van der Waals surface area contributed by atoms with Gasteiger partial charge in [0.2, 0.25) is 5.91 Å². The second-order valence-corrected chi connectivity index (χ2v) is 7.25. The largest absolute Gasteiger partial charge is 0.459 e. The monoisotopic (exact) mass is 380 g/mol. The number of nitrogens with zero attached hydrogens (tertiary/aromatic N) is 1. The lowest BCUT2D eigenvalue weighted by molar-refractivity contribution is -0.145. The molecule has 27 heavy (non-hydrogen) atoms. The van der Waals surface area contributed by atoms with Crippen LogP contribution in [0.3, 0.4) is 0 Å². The second kappa shape index (κ2) is 7.67. The molecule has 0 radical (unpaired) electrons. The number of para-hydroxylation sites is 1. The van der Waals surface area contributed by atoms with Crippen molar-refractivity contribution in [2.45, 2.75) is 23.2 Å². The maximum absolute atomic E-state index is 12.2. The average molecular weight is 380 g/mol. The molecule has 6 nitrogen and oxygen atoms in total. The van der Waals surface area contributed by atoms with Crippen LogP contribution < -0.4 is 5.32 Å². The fourth-order valence-corrected chi connectivity index (χ4v) is 3.81. The molecule has 0 fully saturated rings. The van der Waals surface area contributed by atoms with Gasteiger partial charge in [-0.25, -0.2) is 0 Å². The number of rotatable bonds is 5. The summed E-state index contributed by atoms with van der Waals surface area (Å²) in [5.41, 5.74) is 2.19. The topological polar surface area (TPSA) is 81.4 Å². The smallest absolute Gasteiger partial charge is 0.307 e. The van der Waals surface area contributed by atoms with Crippen LogP contribution in [0.15, 0.2) is 70.1 Å². The third-order valence-electron chi connectivity index (χ3n) is 4.06. The van der Waals surface area contributed by atoms with Crippen molar-refractivity contribution < 1.29 is 18.8 Å². The molecule has 0 unspecified atom stereocenters. The number of esters is 1. The minimum atomic E-state index is -0.510. The van der Waals surface area contributed by atoms with Crippen molar-refractivity contribution in [2.24, 2.45) is 0 Å². The first-order valence-electron chi connectivity index (χ1n) is 8.42. The van der Waals surface area contributed by atoms with Crippen molar-refractivity contribution in [2.75, 3.05) is 5.32 Å². The summed E-state index contributed by atoms with van der Waals surface area (Å²) in [6.45, 7) is 0.00472. The van der Waals surface area contributed by atoms with Crippen molar-refractivity contribution >= 4 is 29.3 Å². The average Bonchev–Trinajstić information content (AvgIpc) is 3.17. The number of hydrogen-bond donors (Lipinski definition) is 1. The van der Waals surface area contributed by atoms with E-state index < -0.39 is 11.2 Å². The van der Waals surface area contributed by atoms with Gasteiger partial charge in [-0.15, -0.1) is 11.8 Å². The number of anilines is 1. The normalized spacial score (nSPS) is 15.7. The Balaban J connectivity index is 1.33. The van der Waals surface area contributed by atoms with Gasteiger partial charge in [0.1, 0.15) is 12.3 Å². The van der Waals surface area contributed by atoms with Gasteiger partial charge in [0.05, 0.1) is 17.4 Å². The molecule has 1 N–H and O–H groups in total. The van der Waals surface area contributed by atoms with Gasteiger partial charge >= 0.3 is 5.97 Å². The molecule has 7 heteroatoms. The Kier molecular flexibility index (Phi) is 4.93. The van der Waals surface area contributed by atoms with Crippen molar-refractivity contribution in [1.29, 1.82) is 0 Å². The number of carbonyl (C=O) groups is 2. The molecule has 3 aromatic rings. The number of ether oxygens (including phenoxy) is 1. The molecule has 1 aliphatic rings. The van der Waals surface area contributed by atoms with Gasteiger partial charge in [0, 0.05) is 16.5 Å². The number of aromatic nitrogens is 1. The Labute approximate surface area is 159 Å². The molecular weight excluding hydrogens is 364 g/mol. The third-order valence-corrected chi connectivity index (χ3v) is 5.33. The molecular formula is C20H16N2O4S. The lowest BCUT2D eigenvalue weighted by atomic mass is 10.2. The van der Waals surface area contributed by atoms with E-state index in [9.17, 15) is 9.59 Å². The van der Waals surface area contributed by atoms with E-state index in [1.807, 2.05) is 54.6 Å². The Morgan fingerprint density at radius 1 is 1.15 bits per heavy atom. The maximum Gasteiger partial charge on any atom is 0.307 e. The predicted molar refractivity (Wildman–Crippen MR) is 101 cm³/mol. The number of carbonyl (C=O) groups excluding carboxylic acids is 2. The van der Waals surface area contributed by atoms with E-state index in [2.05, 4.69) is 10.5 Å². The molecule has 1 aromatic heterocycles. The zero-order valence-electron chi connectivity index (χ0n) is 14.3. The highest BCUT2D eigenvalue weighted by molar-refractivity contribution is 8.01. The van der Waals surface area contributed by atoms with E-state index in [1.54, 1.807) is 6.07 Å². The van der Waals surface area contributed by atoms with Crippen LogP contribution in [0.5, 0.6) is 0 Å². The fourth-order valence-electron chi connectivity index (χ4n) is 2.71. The zero-order valence-corrected chi connectivity index (χ0v) is 15.1. The third kappa shape index (κ3) is 4.03. The lowest BCUT2D eigenvalue weighted by Gasteiger charge is -2.23. The quantitative estimate of drug-likeness (QED) is 0.677. The molecule has 0 spiro atoms. The standard InChI is InChI=1S/C20H16N2O4S/c23-19(11-18-20(24)21-15-8-4-5-9-17(15)27-18)25-12-14-10-16(26-22-14)13-6-2-1-3-7-13/h1-10,18H,11-12H2,(H,21,24)/t18-/m1/s1. The molecule has 0 aliphatic carbocycles. The van der Waals surface area contributed by atoms with Crippen LogP contribution >= 0.6 is 11.8 Å². The van der Waals surface area contributed by atoms with E-state index in [-0.39, 0.29) is 18.9 Å². The van der Waals surface area contributed by atoms with E-state index in [0.717, 1.165) is 16.1 Å². The lowest BCUT2D eigenvalue weighted by Crippen LogP contribution is -2.31. The molecule has 4 rings (SSSR count). The summed E-state index contributed by atoms with van der Waals surface area (Å²) >= 11 is 1.37. The van der Waals surface area contributed by atoms with Crippen molar-refractivity contribution in [1.82, 2.24) is 5.16 Å². The van der Waals surface area contributed by atoms with Crippen LogP contribution in [0.2, 0.25) is 0 Å². The maximum atomic E-state index is 12.2. The van der Waals surface area contributed by atoms with Crippen LogP contribution in [0.4, 0.5) is 5.69 Å². The number of nitrogens with one attached hydrogen (secondary N) is 1. The molecule has 2 aromatic carbocycles. The molecule has 1 atom stereocenters. The molecule has 2 heterocycles. The Hall–Kier alpha value is -3.06. The van der Waals surface area contributed by atoms with Crippen molar-refractivity contribution in [3.63, 3.8) is 0 Å². The van der Waals surface area contributed by atoms with Crippen LogP contribution in [0.25, 0.3) is 11.3 Å². The zero-order chi connectivity index (χ0) is 18.6. The molecule has 0 saturated heterocycles. The molecule has 0 saturated carbocycles. The number of amides is 1. The second-order valence-electron chi connectivity index (χ2n) is 6.01. The van der Waals surface area contributed by atoms with E-state index in [0.29, 0.717) is 11.5 Å². The SMILES string of the molecule is O=C(C[C@H]1Sc2ccccc2NC1=O)OCc1cc(-c2ccccc2)on1. The highest BCUT2D eigenvalue weighted by Crippen LogP contribution is 2.36. The highest BCUT2D eigenvalue weighted by Gasteiger charge is 2.29. The van der Waals surface area contributed by atoms with Crippen LogP contribution in [0, 0.1) is 0 Å². The summed E-state index contributed by atoms with van der Waals surface area (Å²) in [5.74, 6) is -0.0322. The molecule has 1 aliphatic heterocycles. The van der Waals surface area contributed by atoms with Gasteiger partial charge in [-0.3, -0.25) is 9.59 Å². The number of fused-ring (bicyclic) bond motifs is 1. The van der Waals surface area contributed by atoms with Gasteiger partial charge in [-0.05, 0) is 12.1 Å². The van der Waals surface area contributed by atoms with Gasteiger partial charge in [-0.1, -0.05) is 47.6 Å². The van der Waals surface area contributed by atoms with E-state index in [1.165, 1.54) is 11.8 Å². The van der Waals surface area contributed by atoms with E-state index >= 15 is 0 Å². The van der Waals surface area contributed by atoms with Gasteiger partial charge in [-0.2, -0.15) is 0 Å². The highest BCUT2D eigenvalue weighted by atomic mass is 32.2. The van der Waals surface area contributed by atoms with Crippen molar-refractivity contribution in [3.05, 3.63) is 66.4 Å². The first-order chi connectivity index (χ1) is 13.2. The van der Waals surface area contributed by atoms with Gasteiger partial charge in [0.25, 0.3) is 0 Å². The number of benzene rings is 2. The molecule has 0 bridgehead atoms. The Morgan fingerprint density at radius 3 is 2.78 bits per heavy atom. The first-order valence-corrected chi connectivity index (χ1v) is 9.30. The Morgan fingerprint density at radius 2 is 1.93 bits per heavy atom. The van der Waals surface area contributed by atoms with Crippen LogP contribution in [0.1, 0.15) is 12.1 Å². The minimum Gasteiger partial charge on any atom is -0.459 e. The molecule has 136 valence electrons. The minimum absolute atomic E-state index is 0.00472. The fraction of sp³-hybridized carbons (Fsp3) is 0.150. The van der Waals surface area contributed by atoms with Gasteiger partial charge in [0.15, 0.2) is 5.76 Å². The predicted octanol–water partition coefficient (Wildman–Crippen LogP) is 3.89. The molecule has 1 amide bonds. The summed E-state index contributed by atoms with van der Waals surface area (Å²) in [4.78, 5) is 25.2. The summed E-state index contributed by atoms with van der Waals surface area (Å²) in [5, 5.41) is 6.23. The summed E-state index contributed by atoms with van der Waals surface area (Å²) in [6, 6.07) is 18.8. The first kappa shape index (κ1) is 17.4. The number of hydrogen-bond acceptors (Lipinski definition) is 6. The van der Waals surface area contributed by atoms with E-state index in [4.69, 9.17) is 9.26 Å². The Bertz CT molecular complexity index is 971. The van der Waals surface area contributed by atoms with Crippen LogP contribution in [-0.2, 0) is 20.9 Å². The summed E-state index contributed by atoms with van der Waals surface area (Å²) < 4.78 is 10.5. The summed E-state index contributed by atoms with van der Waals surface area (Å²) in [6.07, 6.45) is -0.00573. The van der Waals surface area contributed by atoms with Gasteiger partial charge < -0.3 is 14.6 Å². The summed E-state index contributed by atoms with van der Waals surface area (Å²) in [7, 11) is 0. The number of thioether (sulfide) groups is 1.